The standard InChI is InChI=1S/C9H7ClN2O/c1-7(13)6-11-12-9-4-2-8(10)3-5-9/h2-5H,1H3. The molecule has 13 heavy (non-hydrogen) atoms. The normalized spacial score (nSPS) is 9.69. The molecule has 0 atom stereocenters. The summed E-state index contributed by atoms with van der Waals surface area (Å²) in [5.41, 5.74) is 4.36. The van der Waals surface area contributed by atoms with Gasteiger partial charge in [0.1, 0.15) is 0 Å². The highest BCUT2D eigenvalue weighted by Gasteiger charge is 1.99. The van der Waals surface area contributed by atoms with Crippen LogP contribution in [0.25, 0.3) is 5.43 Å². The molecular weight excluding hydrogens is 188 g/mol. The van der Waals surface area contributed by atoms with E-state index >= 15 is 0 Å². The molecule has 0 bridgehead atoms. The number of hydrogen-bond donors (Lipinski definition) is 0. The van der Waals surface area contributed by atoms with E-state index in [0.717, 1.165) is 0 Å². The van der Waals surface area contributed by atoms with Crippen LogP contribution in [0.1, 0.15) is 6.92 Å². The molecule has 0 radical (unpaired) electrons. The zero-order chi connectivity index (χ0) is 9.68. The number of nitrogens with zero attached hydrogens (tertiary/aromatic N) is 2. The number of ketones is 1. The Kier molecular flexibility index (Phi) is 3.38. The Hall–Kier alpha value is -1.44. The molecular formula is C9H7ClN2O. The summed E-state index contributed by atoms with van der Waals surface area (Å²) in [4.78, 5) is 10.4. The summed E-state index contributed by atoms with van der Waals surface area (Å²) in [6, 6.07) is 6.80. The fraction of sp³-hybridized carbons (Fsp3) is 0.111. The van der Waals surface area contributed by atoms with Crippen molar-refractivity contribution in [1.82, 2.24) is 0 Å². The molecule has 0 amide bonds. The molecule has 0 unspecified atom stereocenters. The summed E-state index contributed by atoms with van der Waals surface area (Å²) in [7, 11) is 0. The number of halogens is 1. The molecule has 1 aromatic rings. The molecule has 4 heteroatoms. The van der Waals surface area contributed by atoms with E-state index in [2.05, 4.69) is 16.7 Å². The minimum atomic E-state index is -0.252. The first-order valence-electron chi connectivity index (χ1n) is 3.61. The molecule has 0 aliphatic rings. The molecule has 0 spiro atoms. The predicted octanol–water partition coefficient (Wildman–Crippen LogP) is 2.80. The van der Waals surface area contributed by atoms with E-state index in [0.29, 0.717) is 10.7 Å². The van der Waals surface area contributed by atoms with E-state index in [4.69, 9.17) is 11.6 Å². The average Bonchev–Trinajstić information content (AvgIpc) is 2.08. The fourth-order valence-electron chi connectivity index (χ4n) is 0.661. The zero-order valence-electron chi connectivity index (χ0n) is 6.99. The number of rotatable bonds is 3. The van der Waals surface area contributed by atoms with Crippen molar-refractivity contribution >= 4 is 29.3 Å². The Morgan fingerprint density at radius 1 is 1.46 bits per heavy atom. The SMILES string of the molecule is CC(=O)[C+]=N[N-]c1ccc(Cl)cc1. The molecule has 0 fully saturated rings. The van der Waals surface area contributed by atoms with Crippen LogP contribution in [0.3, 0.4) is 0 Å². The van der Waals surface area contributed by atoms with E-state index in [1.54, 1.807) is 24.3 Å². The molecule has 0 heterocycles. The van der Waals surface area contributed by atoms with Crippen LogP contribution < -0.4 is 0 Å². The number of carbonyl (C=O) groups is 1. The van der Waals surface area contributed by atoms with E-state index in [1.807, 2.05) is 0 Å². The molecule has 66 valence electrons. The van der Waals surface area contributed by atoms with Crippen molar-refractivity contribution in [3.05, 3.63) is 34.7 Å². The lowest BCUT2D eigenvalue weighted by Crippen LogP contribution is -1.87. The van der Waals surface area contributed by atoms with Crippen molar-refractivity contribution in [3.63, 3.8) is 0 Å². The maximum absolute atomic E-state index is 10.4. The van der Waals surface area contributed by atoms with Crippen LogP contribution in [0.2, 0.25) is 5.02 Å². The minimum Gasteiger partial charge on any atom is -0.525 e. The van der Waals surface area contributed by atoms with Crippen LogP contribution >= 0.6 is 11.6 Å². The van der Waals surface area contributed by atoms with Gasteiger partial charge in [-0.1, -0.05) is 23.7 Å². The van der Waals surface area contributed by atoms with Gasteiger partial charge < -0.3 is 5.43 Å². The van der Waals surface area contributed by atoms with Gasteiger partial charge in [-0.25, -0.2) is 4.79 Å². The quantitative estimate of drug-likeness (QED) is 0.415. The second kappa shape index (κ2) is 4.55. The average molecular weight is 195 g/mol. The van der Waals surface area contributed by atoms with Gasteiger partial charge in [0.2, 0.25) is 0 Å². The van der Waals surface area contributed by atoms with Gasteiger partial charge in [-0.3, -0.25) is 0 Å². The smallest absolute Gasteiger partial charge is 0.430 e. The molecule has 3 nitrogen and oxygen atoms in total. The summed E-state index contributed by atoms with van der Waals surface area (Å²) in [5, 5.41) is 4.09. The maximum Gasteiger partial charge on any atom is 0.430 e. The van der Waals surface area contributed by atoms with Gasteiger partial charge in [-0.2, -0.15) is 0 Å². The summed E-state index contributed by atoms with van der Waals surface area (Å²) in [6.45, 7) is 1.36. The third-order valence-corrected chi connectivity index (χ3v) is 1.45. The van der Waals surface area contributed by atoms with Gasteiger partial charge in [0.15, 0.2) is 0 Å². The van der Waals surface area contributed by atoms with E-state index < -0.39 is 0 Å². The molecule has 1 rings (SSSR count). The molecule has 0 aliphatic carbocycles. The third kappa shape index (κ3) is 3.65. The second-order valence-corrected chi connectivity index (χ2v) is 2.78. The fourth-order valence-corrected chi connectivity index (χ4v) is 0.787. The number of benzene rings is 1. The van der Waals surface area contributed by atoms with Crippen molar-refractivity contribution in [2.24, 2.45) is 5.10 Å². The van der Waals surface area contributed by atoms with E-state index in [-0.39, 0.29) is 5.78 Å². The lowest BCUT2D eigenvalue weighted by Gasteiger charge is -2.07. The van der Waals surface area contributed by atoms with Gasteiger partial charge >= 0.3 is 12.0 Å². The molecule has 0 aliphatic heterocycles. The first kappa shape index (κ1) is 9.65. The highest BCUT2D eigenvalue weighted by Crippen LogP contribution is 2.20. The number of hydrogen-bond acceptors (Lipinski definition) is 2. The Bertz CT molecular complexity index is 319. The van der Waals surface area contributed by atoms with Gasteiger partial charge in [0, 0.05) is 5.02 Å². The minimum absolute atomic E-state index is 0.252. The molecule has 0 saturated carbocycles. The Balaban J connectivity index is 2.55. The van der Waals surface area contributed by atoms with Crippen molar-refractivity contribution in [2.75, 3.05) is 0 Å². The highest BCUT2D eigenvalue weighted by molar-refractivity contribution is 6.30. The van der Waals surface area contributed by atoms with Crippen molar-refractivity contribution in [3.8, 4) is 0 Å². The van der Waals surface area contributed by atoms with Gasteiger partial charge in [0.05, 0.1) is 6.92 Å². The second-order valence-electron chi connectivity index (χ2n) is 2.34. The summed E-state index contributed by atoms with van der Waals surface area (Å²) < 4.78 is 0. The van der Waals surface area contributed by atoms with Crippen LogP contribution in [-0.4, -0.2) is 12.0 Å². The van der Waals surface area contributed by atoms with Crippen LogP contribution in [-0.2, 0) is 4.79 Å². The van der Waals surface area contributed by atoms with Gasteiger partial charge in [-0.05, 0) is 12.1 Å². The molecule has 1 aromatic carbocycles. The van der Waals surface area contributed by atoms with Crippen LogP contribution in [0.5, 0.6) is 0 Å². The summed E-state index contributed by atoms with van der Waals surface area (Å²) in [6.07, 6.45) is 2.20. The Labute approximate surface area is 81.4 Å². The van der Waals surface area contributed by atoms with Crippen LogP contribution in [0, 0.1) is 0 Å². The first-order chi connectivity index (χ1) is 6.18. The van der Waals surface area contributed by atoms with Gasteiger partial charge in [0.25, 0.3) is 0 Å². The van der Waals surface area contributed by atoms with Crippen LogP contribution in [0.15, 0.2) is 29.4 Å². The van der Waals surface area contributed by atoms with Crippen molar-refractivity contribution in [1.29, 1.82) is 0 Å². The van der Waals surface area contributed by atoms with E-state index in [9.17, 15) is 4.79 Å². The first-order valence-corrected chi connectivity index (χ1v) is 3.99. The monoisotopic (exact) mass is 194 g/mol. The molecule has 0 aromatic heterocycles. The highest BCUT2D eigenvalue weighted by atomic mass is 35.5. The summed E-state index contributed by atoms with van der Waals surface area (Å²) >= 11 is 5.65. The number of Topliss-reactive ketones (excluding diaryl/α,β-unsaturated/α-hetero) is 1. The Morgan fingerprint density at radius 3 is 2.62 bits per heavy atom. The van der Waals surface area contributed by atoms with Crippen molar-refractivity contribution < 1.29 is 4.79 Å². The maximum atomic E-state index is 10.4. The lowest BCUT2D eigenvalue weighted by atomic mass is 10.3. The lowest BCUT2D eigenvalue weighted by molar-refractivity contribution is -0.110. The summed E-state index contributed by atoms with van der Waals surface area (Å²) in [5.74, 6) is -0.252. The largest absolute Gasteiger partial charge is 0.525 e. The van der Waals surface area contributed by atoms with Crippen molar-refractivity contribution in [2.45, 2.75) is 6.92 Å². The zero-order valence-corrected chi connectivity index (χ0v) is 7.75. The third-order valence-electron chi connectivity index (χ3n) is 1.20. The topological polar surface area (TPSA) is 43.5 Å². The molecule has 0 saturated heterocycles. The van der Waals surface area contributed by atoms with Crippen LogP contribution in [0.4, 0.5) is 5.69 Å². The molecule has 0 N–H and O–H groups in total. The number of carbonyl (C=O) groups excluding carboxylic acids is 1. The predicted molar refractivity (Wildman–Crippen MR) is 52.6 cm³/mol. The van der Waals surface area contributed by atoms with Gasteiger partial charge in [-0.15, -0.1) is 10.8 Å². The Morgan fingerprint density at radius 2 is 2.08 bits per heavy atom. The van der Waals surface area contributed by atoms with E-state index in [1.165, 1.54) is 6.92 Å².